The Balaban J connectivity index is 1.38. The van der Waals surface area contributed by atoms with E-state index in [-0.39, 0.29) is 17.7 Å². The summed E-state index contributed by atoms with van der Waals surface area (Å²) < 4.78 is 5.06. The maximum Gasteiger partial charge on any atom is 0.243 e. The van der Waals surface area contributed by atoms with Crippen molar-refractivity contribution >= 4 is 23.0 Å². The summed E-state index contributed by atoms with van der Waals surface area (Å²) in [5.74, 6) is 0.657. The number of pyridine rings is 2. The second-order valence-corrected chi connectivity index (χ2v) is 6.73. The van der Waals surface area contributed by atoms with E-state index in [0.29, 0.717) is 5.88 Å². The van der Waals surface area contributed by atoms with Crippen LogP contribution in [0.5, 0.6) is 5.88 Å². The molecule has 2 aromatic heterocycles. The van der Waals surface area contributed by atoms with Crippen LogP contribution in [0.3, 0.4) is 0 Å². The summed E-state index contributed by atoms with van der Waals surface area (Å²) in [4.78, 5) is 20.9. The molecular formula is C21H20N4O2. The van der Waals surface area contributed by atoms with Crippen molar-refractivity contribution in [1.82, 2.24) is 15.4 Å². The highest BCUT2D eigenvalue weighted by Gasteiger charge is 2.44. The Morgan fingerprint density at radius 1 is 1.30 bits per heavy atom. The second kappa shape index (κ2) is 7.15. The Hall–Kier alpha value is -3.28. The molecular weight excluding hydrogens is 340 g/mol. The maximum atomic E-state index is 12.3. The molecule has 1 aliphatic carbocycles. The number of benzene rings is 1. The van der Waals surface area contributed by atoms with Gasteiger partial charge in [-0.25, -0.2) is 10.4 Å². The fraction of sp³-hybridized carbons (Fsp3) is 0.238. The first-order valence-corrected chi connectivity index (χ1v) is 8.84. The van der Waals surface area contributed by atoms with E-state index in [2.05, 4.69) is 20.5 Å². The number of aryl methyl sites for hydroxylation is 1. The van der Waals surface area contributed by atoms with Gasteiger partial charge in [0.25, 0.3) is 0 Å². The number of fused-ring (bicyclic) bond motifs is 1. The molecule has 1 fully saturated rings. The van der Waals surface area contributed by atoms with Gasteiger partial charge in [-0.3, -0.25) is 9.78 Å². The van der Waals surface area contributed by atoms with Crippen molar-refractivity contribution in [2.45, 2.75) is 19.3 Å². The standard InChI is InChI=1S/C21H20N4O2/c1-13-8-14(9-15-4-3-7-22-20(13)15)11-24-25-21(26)18-10-17(18)16-5-6-19(27-2)23-12-16/h3-9,11-12,17-18H,10H2,1-2H3,(H,25,26)/b24-11+. The summed E-state index contributed by atoms with van der Waals surface area (Å²) in [5.41, 5.74) is 6.69. The van der Waals surface area contributed by atoms with E-state index in [9.17, 15) is 4.79 Å². The molecule has 0 saturated heterocycles. The Bertz CT molecular complexity index is 1010. The molecule has 2 heterocycles. The summed E-state index contributed by atoms with van der Waals surface area (Å²) in [6.07, 6.45) is 6.04. The molecule has 6 nitrogen and oxygen atoms in total. The molecule has 1 N–H and O–H groups in total. The largest absolute Gasteiger partial charge is 0.481 e. The van der Waals surface area contributed by atoms with E-state index in [1.54, 1.807) is 25.7 Å². The van der Waals surface area contributed by atoms with Crippen LogP contribution in [0.15, 0.2) is 53.9 Å². The highest BCUT2D eigenvalue weighted by atomic mass is 16.5. The van der Waals surface area contributed by atoms with Gasteiger partial charge in [0.1, 0.15) is 0 Å². The number of nitrogens with zero attached hydrogens (tertiary/aromatic N) is 3. The summed E-state index contributed by atoms with van der Waals surface area (Å²) in [5, 5.41) is 5.18. The van der Waals surface area contributed by atoms with Gasteiger partial charge in [-0.05, 0) is 54.2 Å². The molecule has 2 atom stereocenters. The smallest absolute Gasteiger partial charge is 0.243 e. The summed E-state index contributed by atoms with van der Waals surface area (Å²) in [7, 11) is 1.58. The van der Waals surface area contributed by atoms with Crippen LogP contribution in [0, 0.1) is 12.8 Å². The fourth-order valence-electron chi connectivity index (χ4n) is 3.32. The lowest BCUT2D eigenvalue weighted by Crippen LogP contribution is -2.20. The van der Waals surface area contributed by atoms with E-state index in [0.717, 1.165) is 34.0 Å². The Kier molecular flexibility index (Phi) is 4.54. The van der Waals surface area contributed by atoms with Gasteiger partial charge < -0.3 is 4.74 Å². The number of methoxy groups -OCH3 is 1. The normalized spacial score (nSPS) is 18.6. The van der Waals surface area contributed by atoms with Crippen LogP contribution < -0.4 is 10.2 Å². The number of amides is 1. The van der Waals surface area contributed by atoms with E-state index in [1.165, 1.54) is 0 Å². The van der Waals surface area contributed by atoms with Crippen molar-refractivity contribution in [3.05, 3.63) is 65.5 Å². The third-order valence-electron chi connectivity index (χ3n) is 4.83. The molecule has 2 unspecified atom stereocenters. The topological polar surface area (TPSA) is 76.5 Å². The van der Waals surface area contributed by atoms with Crippen molar-refractivity contribution in [2.75, 3.05) is 7.11 Å². The number of carbonyl (C=O) groups is 1. The molecule has 1 amide bonds. The number of hydrogen-bond acceptors (Lipinski definition) is 5. The Labute approximate surface area is 157 Å². The van der Waals surface area contributed by atoms with Gasteiger partial charge in [-0.2, -0.15) is 5.10 Å². The first kappa shape index (κ1) is 17.1. The first-order chi connectivity index (χ1) is 13.2. The molecule has 27 heavy (non-hydrogen) atoms. The SMILES string of the molecule is COc1ccc(C2CC2C(=O)N/N=C/c2cc(C)c3ncccc3c2)cn1. The third-order valence-corrected chi connectivity index (χ3v) is 4.83. The van der Waals surface area contributed by atoms with Crippen molar-refractivity contribution in [3.8, 4) is 5.88 Å². The lowest BCUT2D eigenvalue weighted by Gasteiger charge is -2.03. The predicted molar refractivity (Wildman–Crippen MR) is 104 cm³/mol. The van der Waals surface area contributed by atoms with Gasteiger partial charge in [0.15, 0.2) is 0 Å². The molecule has 0 bridgehead atoms. The van der Waals surface area contributed by atoms with Gasteiger partial charge in [-0.15, -0.1) is 0 Å². The second-order valence-electron chi connectivity index (χ2n) is 6.73. The summed E-state index contributed by atoms with van der Waals surface area (Å²) in [6, 6.07) is 11.7. The molecule has 0 aliphatic heterocycles. The zero-order chi connectivity index (χ0) is 18.8. The fourth-order valence-corrected chi connectivity index (χ4v) is 3.32. The Morgan fingerprint density at radius 2 is 2.19 bits per heavy atom. The molecule has 6 heteroatoms. The van der Waals surface area contributed by atoms with E-state index in [1.807, 2.05) is 43.3 Å². The van der Waals surface area contributed by atoms with Crippen molar-refractivity contribution in [3.63, 3.8) is 0 Å². The minimum absolute atomic E-state index is 0.0557. The average Bonchev–Trinajstić information content (AvgIpc) is 3.49. The lowest BCUT2D eigenvalue weighted by molar-refractivity contribution is -0.122. The number of hydrogen-bond donors (Lipinski definition) is 1. The van der Waals surface area contributed by atoms with Gasteiger partial charge in [0, 0.05) is 29.8 Å². The quantitative estimate of drug-likeness (QED) is 0.560. The number of ether oxygens (including phenoxy) is 1. The molecule has 1 aromatic carbocycles. The van der Waals surface area contributed by atoms with E-state index >= 15 is 0 Å². The molecule has 4 rings (SSSR count). The third kappa shape index (κ3) is 3.65. The summed E-state index contributed by atoms with van der Waals surface area (Å²) in [6.45, 7) is 2.02. The number of carbonyl (C=O) groups excluding carboxylic acids is 1. The monoisotopic (exact) mass is 360 g/mol. The minimum atomic E-state index is -0.0637. The number of hydrazone groups is 1. The van der Waals surface area contributed by atoms with Crippen molar-refractivity contribution < 1.29 is 9.53 Å². The Morgan fingerprint density at radius 3 is 2.96 bits per heavy atom. The van der Waals surface area contributed by atoms with Crippen LogP contribution in [-0.4, -0.2) is 29.2 Å². The molecule has 0 radical (unpaired) electrons. The minimum Gasteiger partial charge on any atom is -0.481 e. The van der Waals surface area contributed by atoms with Crippen LogP contribution in [-0.2, 0) is 4.79 Å². The molecule has 3 aromatic rings. The number of aromatic nitrogens is 2. The molecule has 1 saturated carbocycles. The van der Waals surface area contributed by atoms with Crippen molar-refractivity contribution in [1.29, 1.82) is 0 Å². The van der Waals surface area contributed by atoms with Crippen LogP contribution in [0.25, 0.3) is 10.9 Å². The predicted octanol–water partition coefficient (Wildman–Crippen LogP) is 3.20. The zero-order valence-electron chi connectivity index (χ0n) is 15.2. The van der Waals surface area contributed by atoms with Gasteiger partial charge in [0.05, 0.1) is 18.8 Å². The van der Waals surface area contributed by atoms with Gasteiger partial charge in [-0.1, -0.05) is 12.1 Å². The number of nitrogens with one attached hydrogen (secondary N) is 1. The van der Waals surface area contributed by atoms with Crippen LogP contribution >= 0.6 is 0 Å². The highest BCUT2D eigenvalue weighted by molar-refractivity contribution is 5.91. The summed E-state index contributed by atoms with van der Waals surface area (Å²) >= 11 is 0. The van der Waals surface area contributed by atoms with E-state index in [4.69, 9.17) is 4.74 Å². The molecule has 136 valence electrons. The zero-order valence-corrected chi connectivity index (χ0v) is 15.2. The van der Waals surface area contributed by atoms with Crippen LogP contribution in [0.1, 0.15) is 29.0 Å². The maximum absolute atomic E-state index is 12.3. The van der Waals surface area contributed by atoms with Crippen LogP contribution in [0.4, 0.5) is 0 Å². The van der Waals surface area contributed by atoms with Crippen molar-refractivity contribution in [2.24, 2.45) is 11.0 Å². The molecule has 0 spiro atoms. The number of rotatable bonds is 5. The van der Waals surface area contributed by atoms with Gasteiger partial charge >= 0.3 is 0 Å². The first-order valence-electron chi connectivity index (χ1n) is 8.84. The van der Waals surface area contributed by atoms with Crippen LogP contribution in [0.2, 0.25) is 0 Å². The average molecular weight is 360 g/mol. The molecule has 1 aliphatic rings. The highest BCUT2D eigenvalue weighted by Crippen LogP contribution is 2.47. The lowest BCUT2D eigenvalue weighted by atomic mass is 10.1. The van der Waals surface area contributed by atoms with Gasteiger partial charge in [0.2, 0.25) is 11.8 Å². The van der Waals surface area contributed by atoms with E-state index < -0.39 is 0 Å².